The maximum atomic E-state index is 10.7. The summed E-state index contributed by atoms with van der Waals surface area (Å²) in [4.78, 5) is 14.6. The summed E-state index contributed by atoms with van der Waals surface area (Å²) >= 11 is 5.78. The predicted octanol–water partition coefficient (Wildman–Crippen LogP) is 1.64. The number of nitrogens with zero attached hydrogens (tertiary/aromatic N) is 1. The predicted molar refractivity (Wildman–Crippen MR) is 62.0 cm³/mol. The van der Waals surface area contributed by atoms with E-state index in [0.717, 1.165) is 6.21 Å². The zero-order chi connectivity index (χ0) is 12.1. The molecule has 0 saturated carbocycles. The summed E-state index contributed by atoms with van der Waals surface area (Å²) in [7, 11) is 1.69. The summed E-state index contributed by atoms with van der Waals surface area (Å²) in [6.45, 7) is 0. The molecule has 0 saturated heterocycles. The summed E-state index contributed by atoms with van der Waals surface area (Å²) in [6.07, 6.45) is 3.86. The van der Waals surface area contributed by atoms with Gasteiger partial charge in [0.15, 0.2) is 0 Å². The van der Waals surface area contributed by atoms with Gasteiger partial charge in [0, 0.05) is 31.2 Å². The lowest BCUT2D eigenvalue weighted by molar-refractivity contribution is 0.0696. The van der Waals surface area contributed by atoms with Gasteiger partial charge in [0.2, 0.25) is 0 Å². The Balaban J connectivity index is 3.19. The number of aromatic carboxylic acids is 1. The number of halogens is 1. The summed E-state index contributed by atoms with van der Waals surface area (Å²) in [5.41, 5.74) is 0.903. The Labute approximate surface area is 97.3 Å². The van der Waals surface area contributed by atoms with Crippen molar-refractivity contribution in [3.05, 3.63) is 34.7 Å². The molecule has 6 heteroatoms. The summed E-state index contributed by atoms with van der Waals surface area (Å²) in [5.74, 6) is -1.13. The van der Waals surface area contributed by atoms with Gasteiger partial charge in [-0.1, -0.05) is 11.6 Å². The van der Waals surface area contributed by atoms with Crippen LogP contribution in [0.25, 0.3) is 5.57 Å². The van der Waals surface area contributed by atoms with Crippen LogP contribution in [0.15, 0.2) is 18.5 Å². The largest absolute Gasteiger partial charge is 0.478 e. The van der Waals surface area contributed by atoms with Crippen LogP contribution >= 0.6 is 11.6 Å². The van der Waals surface area contributed by atoms with Crippen LogP contribution in [-0.2, 0) is 0 Å². The Morgan fingerprint density at radius 1 is 1.69 bits per heavy atom. The molecule has 1 heterocycles. The number of nitrogens with one attached hydrogen (secondary N) is 2. The summed E-state index contributed by atoms with van der Waals surface area (Å²) in [5, 5.41) is 18.8. The molecule has 0 spiro atoms. The molecular weight excluding hydrogens is 230 g/mol. The third kappa shape index (κ3) is 2.58. The van der Waals surface area contributed by atoms with E-state index in [2.05, 4.69) is 10.3 Å². The minimum absolute atomic E-state index is 0.0563. The van der Waals surface area contributed by atoms with Crippen molar-refractivity contribution in [1.82, 2.24) is 10.3 Å². The molecule has 16 heavy (non-hydrogen) atoms. The average molecular weight is 240 g/mol. The molecule has 0 amide bonds. The highest BCUT2D eigenvalue weighted by atomic mass is 35.5. The highest BCUT2D eigenvalue weighted by Gasteiger charge is 2.11. The van der Waals surface area contributed by atoms with Crippen molar-refractivity contribution < 1.29 is 9.90 Å². The minimum atomic E-state index is -1.13. The van der Waals surface area contributed by atoms with Crippen LogP contribution in [0, 0.1) is 5.41 Å². The molecule has 1 aromatic heterocycles. The first-order chi connectivity index (χ1) is 7.60. The maximum absolute atomic E-state index is 10.7. The standard InChI is InChI=1S/C10H10ClN3O2/c1-13-4-6(3-12)9-2-8(11)7(5-14-9)10(15)16/h2-5,12-13H,1H3,(H,15,16)/b6-4+,12-3?. The fraction of sp³-hybridized carbons (Fsp3) is 0.100. The second kappa shape index (κ2) is 5.27. The molecule has 84 valence electrons. The Kier molecular flexibility index (Phi) is 4.02. The Morgan fingerprint density at radius 3 is 2.81 bits per heavy atom. The lowest BCUT2D eigenvalue weighted by Gasteiger charge is -2.03. The monoisotopic (exact) mass is 239 g/mol. The normalized spacial score (nSPS) is 11.0. The number of hydrogen-bond donors (Lipinski definition) is 3. The second-order valence-corrected chi connectivity index (χ2v) is 3.29. The Bertz CT molecular complexity index is 457. The lowest BCUT2D eigenvalue weighted by Crippen LogP contribution is -2.02. The van der Waals surface area contributed by atoms with Crippen molar-refractivity contribution in [2.75, 3.05) is 7.05 Å². The van der Waals surface area contributed by atoms with E-state index in [1.165, 1.54) is 12.3 Å². The van der Waals surface area contributed by atoms with Crippen molar-refractivity contribution >= 4 is 29.4 Å². The number of hydrogen-bond acceptors (Lipinski definition) is 4. The molecule has 5 nitrogen and oxygen atoms in total. The number of pyridine rings is 1. The van der Waals surface area contributed by atoms with E-state index >= 15 is 0 Å². The quantitative estimate of drug-likeness (QED) is 0.698. The molecule has 0 bridgehead atoms. The van der Waals surface area contributed by atoms with Crippen molar-refractivity contribution in [2.45, 2.75) is 0 Å². The number of carboxylic acid groups (broad SMARTS) is 1. The van der Waals surface area contributed by atoms with E-state index in [9.17, 15) is 4.79 Å². The van der Waals surface area contributed by atoms with Gasteiger partial charge in [-0.25, -0.2) is 4.79 Å². The number of allylic oxidation sites excluding steroid dienone is 1. The fourth-order valence-electron chi connectivity index (χ4n) is 1.09. The smallest absolute Gasteiger partial charge is 0.338 e. The van der Waals surface area contributed by atoms with E-state index in [0.29, 0.717) is 11.3 Å². The second-order valence-electron chi connectivity index (χ2n) is 2.89. The number of aromatic nitrogens is 1. The maximum Gasteiger partial charge on any atom is 0.338 e. The number of carboxylic acids is 1. The molecule has 0 aliphatic rings. The Morgan fingerprint density at radius 2 is 2.38 bits per heavy atom. The van der Waals surface area contributed by atoms with Crippen LogP contribution < -0.4 is 5.32 Å². The van der Waals surface area contributed by atoms with Gasteiger partial charge < -0.3 is 15.8 Å². The molecule has 0 aromatic carbocycles. The van der Waals surface area contributed by atoms with Gasteiger partial charge in [0.05, 0.1) is 16.3 Å². The van der Waals surface area contributed by atoms with Gasteiger partial charge in [-0.2, -0.15) is 0 Å². The zero-order valence-corrected chi connectivity index (χ0v) is 9.25. The lowest BCUT2D eigenvalue weighted by atomic mass is 10.1. The van der Waals surface area contributed by atoms with Crippen molar-refractivity contribution in [2.24, 2.45) is 0 Å². The Hall–Kier alpha value is -1.88. The minimum Gasteiger partial charge on any atom is -0.478 e. The van der Waals surface area contributed by atoms with E-state index in [1.807, 2.05) is 0 Å². The number of rotatable bonds is 4. The van der Waals surface area contributed by atoms with Crippen LogP contribution in [0.5, 0.6) is 0 Å². The van der Waals surface area contributed by atoms with Gasteiger partial charge >= 0.3 is 5.97 Å². The molecule has 0 radical (unpaired) electrons. The first kappa shape index (κ1) is 12.2. The SMILES string of the molecule is CN/C=C(\C=N)c1cc(Cl)c(C(=O)O)cn1. The topological polar surface area (TPSA) is 86.1 Å². The van der Waals surface area contributed by atoms with Crippen LogP contribution in [0.1, 0.15) is 16.1 Å². The molecule has 0 atom stereocenters. The van der Waals surface area contributed by atoms with E-state index in [1.54, 1.807) is 13.2 Å². The zero-order valence-electron chi connectivity index (χ0n) is 8.49. The van der Waals surface area contributed by atoms with E-state index in [4.69, 9.17) is 22.1 Å². The third-order valence-electron chi connectivity index (χ3n) is 1.83. The summed E-state index contributed by atoms with van der Waals surface area (Å²) in [6, 6.07) is 1.42. The molecule has 0 aliphatic carbocycles. The van der Waals surface area contributed by atoms with Gasteiger partial charge in [0.25, 0.3) is 0 Å². The third-order valence-corrected chi connectivity index (χ3v) is 2.15. The average Bonchev–Trinajstić information content (AvgIpc) is 2.25. The fourth-order valence-corrected chi connectivity index (χ4v) is 1.32. The van der Waals surface area contributed by atoms with Crippen LogP contribution in [-0.4, -0.2) is 29.3 Å². The van der Waals surface area contributed by atoms with Crippen LogP contribution in [0.4, 0.5) is 0 Å². The summed E-state index contributed by atoms with van der Waals surface area (Å²) < 4.78 is 0. The van der Waals surface area contributed by atoms with Gasteiger partial charge in [-0.05, 0) is 6.07 Å². The molecule has 0 aliphatic heterocycles. The molecule has 0 fully saturated rings. The van der Waals surface area contributed by atoms with Gasteiger partial charge in [0.1, 0.15) is 0 Å². The molecular formula is C10H10ClN3O2. The van der Waals surface area contributed by atoms with Crippen molar-refractivity contribution in [1.29, 1.82) is 5.41 Å². The highest BCUT2D eigenvalue weighted by molar-refractivity contribution is 6.33. The van der Waals surface area contributed by atoms with Crippen molar-refractivity contribution in [3.8, 4) is 0 Å². The number of carbonyl (C=O) groups is 1. The van der Waals surface area contributed by atoms with Crippen LogP contribution in [0.2, 0.25) is 5.02 Å². The molecule has 0 unspecified atom stereocenters. The molecule has 1 rings (SSSR count). The van der Waals surface area contributed by atoms with Gasteiger partial charge in [-0.15, -0.1) is 0 Å². The van der Waals surface area contributed by atoms with Crippen molar-refractivity contribution in [3.63, 3.8) is 0 Å². The van der Waals surface area contributed by atoms with E-state index < -0.39 is 5.97 Å². The molecule has 1 aromatic rings. The van der Waals surface area contributed by atoms with Gasteiger partial charge in [-0.3, -0.25) is 4.98 Å². The highest BCUT2D eigenvalue weighted by Crippen LogP contribution is 2.19. The van der Waals surface area contributed by atoms with E-state index in [-0.39, 0.29) is 10.6 Å². The van der Waals surface area contributed by atoms with Crippen LogP contribution in [0.3, 0.4) is 0 Å². The first-order valence-electron chi connectivity index (χ1n) is 4.37. The molecule has 3 N–H and O–H groups in total. The first-order valence-corrected chi connectivity index (χ1v) is 4.75.